The van der Waals surface area contributed by atoms with Gasteiger partial charge in [-0.1, -0.05) is 18.2 Å². The van der Waals surface area contributed by atoms with Crippen LogP contribution in [-0.4, -0.2) is 36.8 Å². The van der Waals surface area contributed by atoms with Gasteiger partial charge in [-0.15, -0.1) is 0 Å². The molecule has 1 aromatic carbocycles. The molecule has 2 nitrogen and oxygen atoms in total. The number of rotatable bonds is 2. The molecule has 0 amide bonds. The van der Waals surface area contributed by atoms with Crippen molar-refractivity contribution in [3.05, 3.63) is 35.6 Å². The Hall–Kier alpha value is -0.930. The van der Waals surface area contributed by atoms with Crippen molar-refractivity contribution < 1.29 is 9.50 Å². The maximum absolute atomic E-state index is 13.7. The van der Waals surface area contributed by atoms with Crippen LogP contribution in [0.3, 0.4) is 0 Å². The van der Waals surface area contributed by atoms with Crippen molar-refractivity contribution in [2.75, 3.05) is 26.7 Å². The monoisotopic (exact) mass is 209 g/mol. The Labute approximate surface area is 89.3 Å². The highest BCUT2D eigenvalue weighted by molar-refractivity contribution is 5.29. The predicted octanol–water partition coefficient (Wildman–Crippen LogP) is 1.39. The van der Waals surface area contributed by atoms with Gasteiger partial charge in [-0.2, -0.15) is 0 Å². The Kier molecular flexibility index (Phi) is 2.76. The summed E-state index contributed by atoms with van der Waals surface area (Å²) in [7, 11) is 2.00. The number of likely N-dealkylation sites (tertiary alicyclic amines) is 1. The summed E-state index contributed by atoms with van der Waals surface area (Å²) in [6, 6.07) is 6.76. The zero-order chi connectivity index (χ0) is 10.9. The summed E-state index contributed by atoms with van der Waals surface area (Å²) in [5.41, 5.74) is 0.247. The SMILES string of the molecule is CN1CCC(CO)(c2ccccc2F)C1. The van der Waals surface area contributed by atoms with E-state index < -0.39 is 5.41 Å². The highest BCUT2D eigenvalue weighted by Gasteiger charge is 2.39. The quantitative estimate of drug-likeness (QED) is 0.795. The third kappa shape index (κ3) is 1.77. The summed E-state index contributed by atoms with van der Waals surface area (Å²) in [6.07, 6.45) is 0.820. The van der Waals surface area contributed by atoms with Crippen molar-refractivity contribution in [3.8, 4) is 0 Å². The van der Waals surface area contributed by atoms with Gasteiger partial charge in [-0.25, -0.2) is 4.39 Å². The number of likely N-dealkylation sites (N-methyl/N-ethyl adjacent to an activating group) is 1. The van der Waals surface area contributed by atoms with E-state index in [4.69, 9.17) is 0 Å². The van der Waals surface area contributed by atoms with Gasteiger partial charge in [-0.05, 0) is 31.6 Å². The lowest BCUT2D eigenvalue weighted by Gasteiger charge is -2.27. The highest BCUT2D eigenvalue weighted by Crippen LogP contribution is 2.34. The minimum absolute atomic E-state index is 0.0122. The normalized spacial score (nSPS) is 27.1. The fraction of sp³-hybridized carbons (Fsp3) is 0.500. The van der Waals surface area contributed by atoms with E-state index in [0.717, 1.165) is 19.5 Å². The van der Waals surface area contributed by atoms with E-state index in [1.807, 2.05) is 13.1 Å². The van der Waals surface area contributed by atoms with Crippen molar-refractivity contribution in [2.24, 2.45) is 0 Å². The second kappa shape index (κ2) is 3.91. The zero-order valence-electron chi connectivity index (χ0n) is 8.91. The third-order valence-corrected chi connectivity index (χ3v) is 3.29. The number of hydrogen-bond acceptors (Lipinski definition) is 2. The number of hydrogen-bond donors (Lipinski definition) is 1. The van der Waals surface area contributed by atoms with Crippen LogP contribution in [0.1, 0.15) is 12.0 Å². The van der Waals surface area contributed by atoms with E-state index in [1.54, 1.807) is 12.1 Å². The van der Waals surface area contributed by atoms with Crippen LogP contribution in [-0.2, 0) is 5.41 Å². The van der Waals surface area contributed by atoms with Crippen LogP contribution in [0.2, 0.25) is 0 Å². The molecule has 2 rings (SSSR count). The average Bonchev–Trinajstić information content (AvgIpc) is 2.62. The van der Waals surface area contributed by atoms with Crippen LogP contribution >= 0.6 is 0 Å². The summed E-state index contributed by atoms with van der Waals surface area (Å²) in [6.45, 7) is 1.65. The van der Waals surface area contributed by atoms with Gasteiger partial charge in [-0.3, -0.25) is 0 Å². The number of aliphatic hydroxyl groups is 1. The van der Waals surface area contributed by atoms with Gasteiger partial charge in [0.15, 0.2) is 0 Å². The Morgan fingerprint density at radius 1 is 1.47 bits per heavy atom. The van der Waals surface area contributed by atoms with E-state index in [0.29, 0.717) is 5.56 Å². The minimum Gasteiger partial charge on any atom is -0.395 e. The maximum Gasteiger partial charge on any atom is 0.127 e. The maximum atomic E-state index is 13.7. The molecule has 1 atom stereocenters. The van der Waals surface area contributed by atoms with Crippen molar-refractivity contribution in [2.45, 2.75) is 11.8 Å². The van der Waals surface area contributed by atoms with Gasteiger partial charge in [0, 0.05) is 12.0 Å². The lowest BCUT2D eigenvalue weighted by molar-refractivity contribution is 0.191. The molecule has 0 radical (unpaired) electrons. The lowest BCUT2D eigenvalue weighted by Crippen LogP contribution is -2.34. The van der Waals surface area contributed by atoms with Crippen LogP contribution in [0.25, 0.3) is 0 Å². The van der Waals surface area contributed by atoms with E-state index in [2.05, 4.69) is 4.90 Å². The van der Waals surface area contributed by atoms with Crippen LogP contribution < -0.4 is 0 Å². The van der Waals surface area contributed by atoms with Gasteiger partial charge in [0.05, 0.1) is 6.61 Å². The molecule has 1 aliphatic heterocycles. The van der Waals surface area contributed by atoms with Crippen LogP contribution in [0.4, 0.5) is 4.39 Å². The third-order valence-electron chi connectivity index (χ3n) is 3.29. The van der Waals surface area contributed by atoms with Crippen molar-refractivity contribution in [3.63, 3.8) is 0 Å². The fourth-order valence-corrected chi connectivity index (χ4v) is 2.41. The van der Waals surface area contributed by atoms with E-state index in [-0.39, 0.29) is 12.4 Å². The van der Waals surface area contributed by atoms with Gasteiger partial charge in [0.25, 0.3) is 0 Å². The minimum atomic E-state index is -0.403. The molecule has 1 N–H and O–H groups in total. The summed E-state index contributed by atoms with van der Waals surface area (Å²) in [5.74, 6) is -0.207. The molecule has 1 aliphatic rings. The molecule has 1 heterocycles. The average molecular weight is 209 g/mol. The number of aliphatic hydroxyl groups excluding tert-OH is 1. The van der Waals surface area contributed by atoms with Crippen molar-refractivity contribution in [1.29, 1.82) is 0 Å². The molecular formula is C12H16FNO. The molecule has 0 aliphatic carbocycles. The summed E-state index contributed by atoms with van der Waals surface area (Å²) in [5, 5.41) is 9.52. The first-order valence-corrected chi connectivity index (χ1v) is 5.22. The first kappa shape index (κ1) is 10.6. The Bertz CT molecular complexity index is 355. The standard InChI is InChI=1S/C12H16FNO/c1-14-7-6-12(8-14,9-15)10-4-2-3-5-11(10)13/h2-5,15H,6-9H2,1H3. The van der Waals surface area contributed by atoms with Crippen molar-refractivity contribution >= 4 is 0 Å². The second-order valence-electron chi connectivity index (χ2n) is 4.41. The molecule has 0 bridgehead atoms. The first-order valence-electron chi connectivity index (χ1n) is 5.22. The lowest BCUT2D eigenvalue weighted by atomic mass is 9.80. The molecule has 15 heavy (non-hydrogen) atoms. The van der Waals surface area contributed by atoms with Gasteiger partial charge < -0.3 is 10.0 Å². The molecule has 0 saturated carbocycles. The molecular weight excluding hydrogens is 193 g/mol. The molecule has 1 aromatic rings. The first-order chi connectivity index (χ1) is 7.18. The molecule has 0 aromatic heterocycles. The van der Waals surface area contributed by atoms with Gasteiger partial charge in [0.1, 0.15) is 5.82 Å². The topological polar surface area (TPSA) is 23.5 Å². The Balaban J connectivity index is 2.39. The Morgan fingerprint density at radius 3 is 2.73 bits per heavy atom. The molecule has 1 fully saturated rings. The van der Waals surface area contributed by atoms with Gasteiger partial charge in [0.2, 0.25) is 0 Å². The van der Waals surface area contributed by atoms with E-state index >= 15 is 0 Å². The largest absolute Gasteiger partial charge is 0.395 e. The van der Waals surface area contributed by atoms with Crippen LogP contribution in [0.15, 0.2) is 24.3 Å². The van der Waals surface area contributed by atoms with E-state index in [1.165, 1.54) is 6.07 Å². The Morgan fingerprint density at radius 2 is 2.20 bits per heavy atom. The fourth-order valence-electron chi connectivity index (χ4n) is 2.41. The highest BCUT2D eigenvalue weighted by atomic mass is 19.1. The summed E-state index contributed by atoms with van der Waals surface area (Å²) < 4.78 is 13.7. The number of benzene rings is 1. The molecule has 1 unspecified atom stereocenters. The van der Waals surface area contributed by atoms with Crippen molar-refractivity contribution in [1.82, 2.24) is 4.90 Å². The van der Waals surface area contributed by atoms with Crippen LogP contribution in [0, 0.1) is 5.82 Å². The second-order valence-corrected chi connectivity index (χ2v) is 4.41. The van der Waals surface area contributed by atoms with E-state index in [9.17, 15) is 9.50 Å². The zero-order valence-corrected chi connectivity index (χ0v) is 8.91. The smallest absolute Gasteiger partial charge is 0.127 e. The molecule has 1 saturated heterocycles. The number of halogens is 1. The summed E-state index contributed by atoms with van der Waals surface area (Å²) >= 11 is 0. The molecule has 82 valence electrons. The predicted molar refractivity (Wildman–Crippen MR) is 57.3 cm³/mol. The number of nitrogens with zero attached hydrogens (tertiary/aromatic N) is 1. The molecule has 3 heteroatoms. The van der Waals surface area contributed by atoms with Crippen LogP contribution in [0.5, 0.6) is 0 Å². The van der Waals surface area contributed by atoms with Gasteiger partial charge >= 0.3 is 0 Å². The summed E-state index contributed by atoms with van der Waals surface area (Å²) in [4.78, 5) is 2.13. The molecule has 0 spiro atoms.